The molecule has 0 aliphatic carbocycles. The molecule has 0 aromatic carbocycles. The van der Waals surface area contributed by atoms with E-state index in [0.29, 0.717) is 18.7 Å². The van der Waals surface area contributed by atoms with Gasteiger partial charge in [0.15, 0.2) is 0 Å². The summed E-state index contributed by atoms with van der Waals surface area (Å²) >= 11 is 0. The first-order chi connectivity index (χ1) is 10.5. The highest BCUT2D eigenvalue weighted by atomic mass is 16.3. The van der Waals surface area contributed by atoms with Gasteiger partial charge in [0.25, 0.3) is 5.91 Å². The van der Waals surface area contributed by atoms with E-state index in [-0.39, 0.29) is 5.91 Å². The minimum Gasteiger partial charge on any atom is -0.464 e. The van der Waals surface area contributed by atoms with Gasteiger partial charge in [0, 0.05) is 25.0 Å². The minimum absolute atomic E-state index is 0.0125. The fraction of sp³-hybridized carbons (Fsp3) is 0.412. The molecule has 0 spiro atoms. The molecule has 2 heterocycles. The molecule has 1 amide bonds. The quantitative estimate of drug-likeness (QED) is 0.822. The van der Waals surface area contributed by atoms with E-state index in [0.717, 1.165) is 23.8 Å². The van der Waals surface area contributed by atoms with Crippen LogP contribution in [-0.2, 0) is 6.54 Å². The Morgan fingerprint density at radius 3 is 2.55 bits per heavy atom. The first-order valence-corrected chi connectivity index (χ1v) is 7.38. The van der Waals surface area contributed by atoms with Crippen LogP contribution in [-0.4, -0.2) is 47.9 Å². The lowest BCUT2D eigenvalue weighted by Gasteiger charge is -2.24. The second kappa shape index (κ2) is 7.22. The average molecular weight is 301 g/mol. The van der Waals surface area contributed by atoms with Crippen molar-refractivity contribution >= 4 is 5.91 Å². The molecule has 0 aliphatic rings. The van der Waals surface area contributed by atoms with Crippen LogP contribution in [0.15, 0.2) is 34.9 Å². The fourth-order valence-electron chi connectivity index (χ4n) is 2.21. The molecule has 0 atom stereocenters. The van der Waals surface area contributed by atoms with Crippen LogP contribution in [0, 0.1) is 13.8 Å². The van der Waals surface area contributed by atoms with Gasteiger partial charge in [-0.1, -0.05) is 0 Å². The van der Waals surface area contributed by atoms with Crippen LogP contribution in [0.1, 0.15) is 27.6 Å². The molecule has 2 aromatic rings. The van der Waals surface area contributed by atoms with E-state index in [1.807, 2.05) is 51.0 Å². The Hall–Kier alpha value is -2.14. The Labute approximate surface area is 131 Å². The molecule has 0 unspecified atom stereocenters. The van der Waals surface area contributed by atoms with Crippen LogP contribution in [0.5, 0.6) is 0 Å². The summed E-state index contributed by atoms with van der Waals surface area (Å²) in [6.45, 7) is 5.66. The first kappa shape index (κ1) is 16.2. The monoisotopic (exact) mass is 301 g/mol. The lowest BCUT2D eigenvalue weighted by molar-refractivity contribution is 0.0718. The number of amides is 1. The Morgan fingerprint density at radius 2 is 1.95 bits per heavy atom. The molecule has 118 valence electrons. The Kier molecular flexibility index (Phi) is 5.33. The summed E-state index contributed by atoms with van der Waals surface area (Å²) in [5.74, 6) is 1.64. The second-order valence-electron chi connectivity index (χ2n) is 5.68. The van der Waals surface area contributed by atoms with Crippen LogP contribution < -0.4 is 0 Å². The molecule has 22 heavy (non-hydrogen) atoms. The number of rotatable bonds is 6. The van der Waals surface area contributed by atoms with E-state index in [2.05, 4.69) is 9.88 Å². The lowest BCUT2D eigenvalue weighted by atomic mass is 10.1. The maximum absolute atomic E-state index is 12.8. The zero-order valence-corrected chi connectivity index (χ0v) is 13.7. The molecular formula is C17H23N3O2. The zero-order chi connectivity index (χ0) is 16.1. The molecule has 0 saturated carbocycles. The van der Waals surface area contributed by atoms with Crippen LogP contribution in [0.4, 0.5) is 0 Å². The van der Waals surface area contributed by atoms with Gasteiger partial charge in [0.1, 0.15) is 11.5 Å². The van der Waals surface area contributed by atoms with E-state index < -0.39 is 0 Å². The van der Waals surface area contributed by atoms with Crippen LogP contribution >= 0.6 is 0 Å². The van der Waals surface area contributed by atoms with Gasteiger partial charge in [-0.25, -0.2) is 0 Å². The number of carbonyl (C=O) groups is 1. The number of hydrogen-bond donors (Lipinski definition) is 0. The van der Waals surface area contributed by atoms with Gasteiger partial charge in [0.2, 0.25) is 0 Å². The normalized spacial score (nSPS) is 11.0. The van der Waals surface area contributed by atoms with Crippen molar-refractivity contribution < 1.29 is 9.21 Å². The Bertz CT molecular complexity index is 634. The number of furan rings is 1. The highest BCUT2D eigenvalue weighted by Crippen LogP contribution is 2.14. The number of pyridine rings is 1. The maximum Gasteiger partial charge on any atom is 0.256 e. The standard InChI is InChI=1S/C17H23N3O2/c1-13-7-8-15(22-13)12-20(11-10-19(3)4)17(21)16-6-5-9-18-14(16)2/h5-9H,10-12H2,1-4H3. The number of carbonyl (C=O) groups excluding carboxylic acids is 1. The van der Waals surface area contributed by atoms with Crippen molar-refractivity contribution in [3.05, 3.63) is 53.2 Å². The Balaban J connectivity index is 2.19. The molecule has 2 rings (SSSR count). The fourth-order valence-corrected chi connectivity index (χ4v) is 2.21. The predicted octanol–water partition coefficient (Wildman–Crippen LogP) is 2.50. The summed E-state index contributed by atoms with van der Waals surface area (Å²) in [4.78, 5) is 20.9. The summed E-state index contributed by atoms with van der Waals surface area (Å²) in [5, 5.41) is 0. The molecular weight excluding hydrogens is 278 g/mol. The molecule has 0 radical (unpaired) electrons. The molecule has 5 heteroatoms. The molecule has 5 nitrogen and oxygen atoms in total. The highest BCUT2D eigenvalue weighted by molar-refractivity contribution is 5.95. The third-order valence-electron chi connectivity index (χ3n) is 3.48. The average Bonchev–Trinajstić information content (AvgIpc) is 2.88. The zero-order valence-electron chi connectivity index (χ0n) is 13.7. The molecule has 0 fully saturated rings. The maximum atomic E-state index is 12.8. The Morgan fingerprint density at radius 1 is 1.18 bits per heavy atom. The van der Waals surface area contributed by atoms with Crippen molar-refractivity contribution in [1.82, 2.24) is 14.8 Å². The van der Waals surface area contributed by atoms with E-state index in [4.69, 9.17) is 4.42 Å². The van der Waals surface area contributed by atoms with Crippen molar-refractivity contribution in [2.75, 3.05) is 27.2 Å². The van der Waals surface area contributed by atoms with Gasteiger partial charge >= 0.3 is 0 Å². The van der Waals surface area contributed by atoms with Crippen molar-refractivity contribution in [2.24, 2.45) is 0 Å². The number of hydrogen-bond acceptors (Lipinski definition) is 4. The van der Waals surface area contributed by atoms with Crippen molar-refractivity contribution in [1.29, 1.82) is 0 Å². The molecule has 0 aliphatic heterocycles. The van der Waals surface area contributed by atoms with Crippen molar-refractivity contribution in [3.63, 3.8) is 0 Å². The summed E-state index contributed by atoms with van der Waals surface area (Å²) in [6.07, 6.45) is 1.70. The van der Waals surface area contributed by atoms with Gasteiger partial charge in [0.05, 0.1) is 12.1 Å². The molecule has 2 aromatic heterocycles. The smallest absolute Gasteiger partial charge is 0.256 e. The van der Waals surface area contributed by atoms with Gasteiger partial charge in [-0.3, -0.25) is 9.78 Å². The van der Waals surface area contributed by atoms with Gasteiger partial charge in [-0.05, 0) is 52.2 Å². The van der Waals surface area contributed by atoms with Gasteiger partial charge in [-0.2, -0.15) is 0 Å². The van der Waals surface area contributed by atoms with Gasteiger partial charge in [-0.15, -0.1) is 0 Å². The van der Waals surface area contributed by atoms with Gasteiger partial charge < -0.3 is 14.2 Å². The van der Waals surface area contributed by atoms with Crippen molar-refractivity contribution in [3.8, 4) is 0 Å². The summed E-state index contributed by atoms with van der Waals surface area (Å²) in [7, 11) is 3.99. The minimum atomic E-state index is -0.0125. The summed E-state index contributed by atoms with van der Waals surface area (Å²) in [6, 6.07) is 7.45. The SMILES string of the molecule is Cc1ccc(CN(CCN(C)C)C(=O)c2cccnc2C)o1. The third-order valence-corrected chi connectivity index (χ3v) is 3.48. The molecule has 0 saturated heterocycles. The number of aryl methyl sites for hydroxylation is 2. The van der Waals surface area contributed by atoms with E-state index >= 15 is 0 Å². The third kappa shape index (κ3) is 4.18. The highest BCUT2D eigenvalue weighted by Gasteiger charge is 2.19. The van der Waals surface area contributed by atoms with Crippen LogP contribution in [0.2, 0.25) is 0 Å². The largest absolute Gasteiger partial charge is 0.464 e. The summed E-state index contributed by atoms with van der Waals surface area (Å²) < 4.78 is 5.61. The number of nitrogens with zero attached hydrogens (tertiary/aromatic N) is 3. The number of aromatic nitrogens is 1. The topological polar surface area (TPSA) is 49.6 Å². The van der Waals surface area contributed by atoms with E-state index in [1.165, 1.54) is 0 Å². The molecule has 0 bridgehead atoms. The van der Waals surface area contributed by atoms with Crippen molar-refractivity contribution in [2.45, 2.75) is 20.4 Å². The van der Waals surface area contributed by atoms with Crippen LogP contribution in [0.3, 0.4) is 0 Å². The lowest BCUT2D eigenvalue weighted by Crippen LogP contribution is -2.36. The molecule has 0 N–H and O–H groups in total. The van der Waals surface area contributed by atoms with Crippen LogP contribution in [0.25, 0.3) is 0 Å². The van der Waals surface area contributed by atoms with E-state index in [9.17, 15) is 4.79 Å². The number of likely N-dealkylation sites (N-methyl/N-ethyl adjacent to an activating group) is 1. The first-order valence-electron chi connectivity index (χ1n) is 7.38. The predicted molar refractivity (Wildman–Crippen MR) is 85.7 cm³/mol. The summed E-state index contributed by atoms with van der Waals surface area (Å²) in [5.41, 5.74) is 1.39. The van der Waals surface area contributed by atoms with E-state index in [1.54, 1.807) is 12.3 Å². The second-order valence-corrected chi connectivity index (χ2v) is 5.68.